The van der Waals surface area contributed by atoms with Crippen LogP contribution in [0.3, 0.4) is 0 Å². The van der Waals surface area contributed by atoms with Gasteiger partial charge in [0.2, 0.25) is 5.91 Å². The number of anilines is 1. The Bertz CT molecular complexity index is 539. The molecule has 0 unspecified atom stereocenters. The first-order chi connectivity index (χ1) is 10.1. The molecule has 0 heterocycles. The zero-order valence-electron chi connectivity index (χ0n) is 12.2. The van der Waals surface area contributed by atoms with Crippen molar-refractivity contribution in [3.8, 4) is 11.5 Å². The topological polar surface area (TPSA) is 76.1 Å². The van der Waals surface area contributed by atoms with Crippen molar-refractivity contribution < 1.29 is 24.2 Å². The summed E-state index contributed by atoms with van der Waals surface area (Å²) >= 11 is 0. The molecule has 1 N–H and O–H groups in total. The molecule has 0 atom stereocenters. The number of methoxy groups -OCH3 is 2. The Labute approximate surface area is 123 Å². The summed E-state index contributed by atoms with van der Waals surface area (Å²) < 4.78 is 10.4. The van der Waals surface area contributed by atoms with E-state index in [0.717, 1.165) is 12.8 Å². The van der Waals surface area contributed by atoms with E-state index in [9.17, 15) is 9.59 Å². The minimum Gasteiger partial charge on any atom is -0.497 e. The predicted octanol–water partition coefficient (Wildman–Crippen LogP) is 1.92. The molecule has 1 fully saturated rings. The number of hydrogen-bond donors (Lipinski definition) is 1. The molecule has 1 aromatic rings. The van der Waals surface area contributed by atoms with Crippen molar-refractivity contribution >= 4 is 17.6 Å². The minimum atomic E-state index is -0.934. The van der Waals surface area contributed by atoms with Crippen LogP contribution in [0.25, 0.3) is 0 Å². The highest BCUT2D eigenvalue weighted by molar-refractivity contribution is 5.98. The van der Waals surface area contributed by atoms with Crippen LogP contribution in [0.2, 0.25) is 0 Å². The van der Waals surface area contributed by atoms with Gasteiger partial charge in [-0.25, -0.2) is 0 Å². The monoisotopic (exact) mass is 293 g/mol. The molecule has 0 bridgehead atoms. The zero-order valence-corrected chi connectivity index (χ0v) is 12.2. The average molecular weight is 293 g/mol. The summed E-state index contributed by atoms with van der Waals surface area (Å²) in [5.74, 6) is 0.141. The summed E-state index contributed by atoms with van der Waals surface area (Å²) in [4.78, 5) is 24.7. The molecule has 6 nitrogen and oxygen atoms in total. The molecule has 0 spiro atoms. The number of carboxylic acids is 1. The van der Waals surface area contributed by atoms with Gasteiger partial charge in [0.1, 0.15) is 11.5 Å². The Balaban J connectivity index is 2.30. The molecule has 114 valence electrons. The minimum absolute atomic E-state index is 0.00519. The Morgan fingerprint density at radius 1 is 1.29 bits per heavy atom. The first-order valence-corrected chi connectivity index (χ1v) is 6.82. The maximum atomic E-state index is 12.4. The van der Waals surface area contributed by atoms with Gasteiger partial charge in [0, 0.05) is 18.5 Å². The zero-order chi connectivity index (χ0) is 15.4. The molecular formula is C15H19NO5. The van der Waals surface area contributed by atoms with E-state index >= 15 is 0 Å². The largest absolute Gasteiger partial charge is 0.497 e. The lowest BCUT2D eigenvalue weighted by Crippen LogP contribution is -2.34. The molecule has 2 rings (SSSR count). The van der Waals surface area contributed by atoms with E-state index < -0.39 is 5.97 Å². The molecule has 1 aliphatic carbocycles. The molecule has 1 amide bonds. The first kappa shape index (κ1) is 15.2. The number of nitrogens with zero attached hydrogens (tertiary/aromatic N) is 1. The normalized spacial score (nSPS) is 13.6. The van der Waals surface area contributed by atoms with E-state index in [-0.39, 0.29) is 24.8 Å². The maximum Gasteiger partial charge on any atom is 0.305 e. The van der Waals surface area contributed by atoms with E-state index in [4.69, 9.17) is 14.6 Å². The van der Waals surface area contributed by atoms with Crippen molar-refractivity contribution in [2.45, 2.75) is 19.3 Å². The number of carbonyl (C=O) groups excluding carboxylic acids is 1. The number of ether oxygens (including phenoxy) is 2. The van der Waals surface area contributed by atoms with Crippen molar-refractivity contribution in [1.82, 2.24) is 0 Å². The quantitative estimate of drug-likeness (QED) is 0.831. The third-order valence-electron chi connectivity index (χ3n) is 3.42. The van der Waals surface area contributed by atoms with Gasteiger partial charge in [0.25, 0.3) is 0 Å². The maximum absolute atomic E-state index is 12.4. The highest BCUT2D eigenvalue weighted by atomic mass is 16.5. The lowest BCUT2D eigenvalue weighted by atomic mass is 10.2. The molecule has 0 aliphatic heterocycles. The Morgan fingerprint density at radius 3 is 2.52 bits per heavy atom. The van der Waals surface area contributed by atoms with E-state index in [1.165, 1.54) is 12.0 Å². The Hall–Kier alpha value is -2.24. The number of benzene rings is 1. The van der Waals surface area contributed by atoms with Gasteiger partial charge in [-0.2, -0.15) is 0 Å². The molecule has 0 radical (unpaired) electrons. The van der Waals surface area contributed by atoms with Gasteiger partial charge < -0.3 is 19.5 Å². The number of hydrogen-bond acceptors (Lipinski definition) is 4. The standard InChI is InChI=1S/C15H19NO5/c1-20-11-5-6-12(13(9-11)21-2)16(8-7-14(17)18)15(19)10-3-4-10/h5-6,9-10H,3-4,7-8H2,1-2H3,(H,17,18). The van der Waals surface area contributed by atoms with E-state index in [0.29, 0.717) is 17.2 Å². The lowest BCUT2D eigenvalue weighted by molar-refractivity contribution is -0.136. The van der Waals surface area contributed by atoms with Gasteiger partial charge in [0.05, 0.1) is 26.3 Å². The van der Waals surface area contributed by atoms with Gasteiger partial charge in [0.15, 0.2) is 0 Å². The van der Waals surface area contributed by atoms with Gasteiger partial charge in [-0.1, -0.05) is 0 Å². The predicted molar refractivity (Wildman–Crippen MR) is 76.9 cm³/mol. The summed E-state index contributed by atoms with van der Waals surface area (Å²) in [5.41, 5.74) is 0.580. The van der Waals surface area contributed by atoms with Crippen LogP contribution >= 0.6 is 0 Å². The van der Waals surface area contributed by atoms with Crippen molar-refractivity contribution in [2.24, 2.45) is 5.92 Å². The van der Waals surface area contributed by atoms with Crippen LogP contribution in [-0.4, -0.2) is 37.7 Å². The number of amides is 1. The summed E-state index contributed by atoms with van der Waals surface area (Å²) in [5, 5.41) is 8.86. The summed E-state index contributed by atoms with van der Waals surface area (Å²) in [6.07, 6.45) is 1.62. The van der Waals surface area contributed by atoms with Crippen molar-refractivity contribution in [1.29, 1.82) is 0 Å². The van der Waals surface area contributed by atoms with Crippen LogP contribution in [0.4, 0.5) is 5.69 Å². The van der Waals surface area contributed by atoms with Crippen molar-refractivity contribution in [3.63, 3.8) is 0 Å². The second-order valence-corrected chi connectivity index (χ2v) is 4.95. The van der Waals surface area contributed by atoms with E-state index in [1.807, 2.05) is 0 Å². The fourth-order valence-corrected chi connectivity index (χ4v) is 2.12. The van der Waals surface area contributed by atoms with Gasteiger partial charge >= 0.3 is 5.97 Å². The molecule has 6 heteroatoms. The molecule has 1 aliphatic rings. The van der Waals surface area contributed by atoms with Gasteiger partial charge in [-0.05, 0) is 25.0 Å². The third-order valence-corrected chi connectivity index (χ3v) is 3.42. The molecule has 0 saturated heterocycles. The number of aliphatic carboxylic acids is 1. The smallest absolute Gasteiger partial charge is 0.305 e. The summed E-state index contributed by atoms with van der Waals surface area (Å²) in [7, 11) is 3.06. The molecule has 1 saturated carbocycles. The number of carboxylic acid groups (broad SMARTS) is 1. The molecule has 0 aromatic heterocycles. The van der Waals surface area contributed by atoms with Crippen molar-refractivity contribution in [2.75, 3.05) is 25.7 Å². The summed E-state index contributed by atoms with van der Waals surface area (Å²) in [6.45, 7) is 0.132. The molecule has 1 aromatic carbocycles. The second kappa shape index (κ2) is 6.47. The lowest BCUT2D eigenvalue weighted by Gasteiger charge is -2.24. The van der Waals surface area contributed by atoms with Crippen LogP contribution in [-0.2, 0) is 9.59 Å². The fraction of sp³-hybridized carbons (Fsp3) is 0.467. The van der Waals surface area contributed by atoms with Crippen LogP contribution in [0.5, 0.6) is 11.5 Å². The van der Waals surface area contributed by atoms with Gasteiger partial charge in [-0.3, -0.25) is 9.59 Å². The van der Waals surface area contributed by atoms with Crippen LogP contribution in [0.15, 0.2) is 18.2 Å². The Morgan fingerprint density at radius 2 is 2.00 bits per heavy atom. The summed E-state index contributed by atoms with van der Waals surface area (Å²) in [6, 6.07) is 5.13. The van der Waals surface area contributed by atoms with Gasteiger partial charge in [-0.15, -0.1) is 0 Å². The fourth-order valence-electron chi connectivity index (χ4n) is 2.12. The van der Waals surface area contributed by atoms with Crippen LogP contribution in [0.1, 0.15) is 19.3 Å². The first-order valence-electron chi connectivity index (χ1n) is 6.82. The molecular weight excluding hydrogens is 274 g/mol. The average Bonchev–Trinajstić information content (AvgIpc) is 3.31. The SMILES string of the molecule is COc1ccc(N(CCC(=O)O)C(=O)C2CC2)c(OC)c1. The van der Waals surface area contributed by atoms with Crippen LogP contribution < -0.4 is 14.4 Å². The number of rotatable bonds is 7. The van der Waals surface area contributed by atoms with E-state index in [1.54, 1.807) is 25.3 Å². The van der Waals surface area contributed by atoms with Crippen molar-refractivity contribution in [3.05, 3.63) is 18.2 Å². The Kier molecular flexibility index (Phi) is 4.67. The number of carbonyl (C=O) groups is 2. The highest BCUT2D eigenvalue weighted by Gasteiger charge is 2.35. The third kappa shape index (κ3) is 3.65. The second-order valence-electron chi connectivity index (χ2n) is 4.95. The molecule has 21 heavy (non-hydrogen) atoms. The van der Waals surface area contributed by atoms with E-state index in [2.05, 4.69) is 0 Å². The van der Waals surface area contributed by atoms with Crippen LogP contribution in [0, 0.1) is 5.92 Å². The highest BCUT2D eigenvalue weighted by Crippen LogP contribution is 2.37.